The van der Waals surface area contributed by atoms with E-state index in [4.69, 9.17) is 23.2 Å². The van der Waals surface area contributed by atoms with Gasteiger partial charge in [0, 0.05) is 11.5 Å². The van der Waals surface area contributed by atoms with E-state index in [-0.39, 0.29) is 4.87 Å². The lowest BCUT2D eigenvalue weighted by atomic mass is 9.95. The Morgan fingerprint density at radius 1 is 1.45 bits per heavy atom. The predicted octanol–water partition coefficient (Wildman–Crippen LogP) is 3.27. The first-order chi connectivity index (χ1) is 5.21. The van der Waals surface area contributed by atoms with Crippen LogP contribution in [-0.2, 0) is 0 Å². The largest absolute Gasteiger partial charge is 0.114 e. The van der Waals surface area contributed by atoms with Crippen molar-refractivity contribution in [2.75, 3.05) is 0 Å². The molecule has 0 aromatic rings. The van der Waals surface area contributed by atoms with Crippen LogP contribution in [0.2, 0.25) is 0 Å². The second kappa shape index (κ2) is 2.53. The number of hydrogen-bond acceptors (Lipinski definition) is 0. The molecule has 0 bridgehead atoms. The zero-order chi connectivity index (χ0) is 7.90. The standard InChI is InChI=1S/C9H9Cl2/c10-8-3-5-9(11,6-4-8)7-1-2-7/h3-7H,1-2H2. The summed E-state index contributed by atoms with van der Waals surface area (Å²) in [6.07, 6.45) is 10.2. The zero-order valence-electron chi connectivity index (χ0n) is 6.06. The van der Waals surface area contributed by atoms with Gasteiger partial charge in [-0.2, -0.15) is 0 Å². The van der Waals surface area contributed by atoms with Crippen molar-refractivity contribution < 1.29 is 0 Å². The number of hydrogen-bond donors (Lipinski definition) is 0. The van der Waals surface area contributed by atoms with Gasteiger partial charge in [0.1, 0.15) is 0 Å². The number of halogens is 2. The molecule has 0 amide bonds. The predicted molar refractivity (Wildman–Crippen MR) is 48.7 cm³/mol. The van der Waals surface area contributed by atoms with Crippen LogP contribution in [-0.4, -0.2) is 4.87 Å². The highest BCUT2D eigenvalue weighted by Gasteiger charge is 2.42. The maximum atomic E-state index is 6.29. The first-order valence-electron chi connectivity index (χ1n) is 3.80. The van der Waals surface area contributed by atoms with Crippen LogP contribution in [0.3, 0.4) is 0 Å². The van der Waals surface area contributed by atoms with Gasteiger partial charge in [-0.25, -0.2) is 0 Å². The summed E-state index contributed by atoms with van der Waals surface area (Å²) in [7, 11) is 0. The molecule has 0 aliphatic heterocycles. The van der Waals surface area contributed by atoms with Crippen LogP contribution in [0.5, 0.6) is 0 Å². The molecule has 2 aliphatic carbocycles. The Morgan fingerprint density at radius 2 is 2.18 bits per heavy atom. The first-order valence-corrected chi connectivity index (χ1v) is 4.56. The molecule has 2 heteroatoms. The molecule has 2 aliphatic rings. The minimum Gasteiger partial charge on any atom is -0.114 e. The molecule has 11 heavy (non-hydrogen) atoms. The van der Waals surface area contributed by atoms with Gasteiger partial charge >= 0.3 is 0 Å². The number of alkyl halides is 1. The number of rotatable bonds is 1. The van der Waals surface area contributed by atoms with Gasteiger partial charge in [0.05, 0.1) is 4.87 Å². The van der Waals surface area contributed by atoms with Gasteiger partial charge in [-0.3, -0.25) is 0 Å². The second-order valence-corrected chi connectivity index (χ2v) is 4.24. The average molecular weight is 188 g/mol. The molecular formula is C9H9Cl2. The normalized spacial score (nSPS) is 37.1. The lowest BCUT2D eigenvalue weighted by molar-refractivity contribution is 0.700. The highest BCUT2D eigenvalue weighted by Crippen LogP contribution is 2.48. The maximum Gasteiger partial charge on any atom is 0.0727 e. The van der Waals surface area contributed by atoms with E-state index >= 15 is 0 Å². The molecule has 0 heterocycles. The van der Waals surface area contributed by atoms with Crippen LogP contribution in [0.1, 0.15) is 12.8 Å². The van der Waals surface area contributed by atoms with Gasteiger partial charge in [0.2, 0.25) is 0 Å². The number of allylic oxidation sites excluding steroid dienone is 4. The summed E-state index contributed by atoms with van der Waals surface area (Å²) in [6, 6.07) is 0. The Balaban J connectivity index is 2.13. The van der Waals surface area contributed by atoms with Crippen molar-refractivity contribution in [3.05, 3.63) is 29.7 Å². The fraction of sp³-hybridized carbons (Fsp3) is 0.444. The summed E-state index contributed by atoms with van der Waals surface area (Å²) < 4.78 is 0. The summed E-state index contributed by atoms with van der Waals surface area (Å²) in [6.45, 7) is 0. The molecular weight excluding hydrogens is 179 g/mol. The van der Waals surface area contributed by atoms with E-state index in [1.54, 1.807) is 0 Å². The summed E-state index contributed by atoms with van der Waals surface area (Å²) >= 11 is 12.0. The van der Waals surface area contributed by atoms with E-state index in [0.29, 0.717) is 5.92 Å². The fourth-order valence-electron chi connectivity index (χ4n) is 1.32. The van der Waals surface area contributed by atoms with Crippen molar-refractivity contribution in [2.45, 2.75) is 17.7 Å². The molecule has 1 unspecified atom stereocenters. The van der Waals surface area contributed by atoms with Crippen LogP contribution >= 0.6 is 23.2 Å². The second-order valence-electron chi connectivity index (χ2n) is 3.15. The van der Waals surface area contributed by atoms with Crippen LogP contribution in [0, 0.1) is 12.3 Å². The third kappa shape index (κ3) is 1.47. The van der Waals surface area contributed by atoms with E-state index in [9.17, 15) is 0 Å². The van der Waals surface area contributed by atoms with Crippen molar-refractivity contribution >= 4 is 23.2 Å². The van der Waals surface area contributed by atoms with Crippen LogP contribution in [0.25, 0.3) is 0 Å². The Labute approximate surface area is 76.9 Å². The quantitative estimate of drug-likeness (QED) is 0.554. The van der Waals surface area contributed by atoms with Crippen LogP contribution in [0.4, 0.5) is 0 Å². The van der Waals surface area contributed by atoms with Crippen LogP contribution in [0.15, 0.2) is 23.3 Å². The van der Waals surface area contributed by atoms with E-state index in [2.05, 4.69) is 0 Å². The third-order valence-corrected chi connectivity index (χ3v) is 3.01. The van der Waals surface area contributed by atoms with Crippen molar-refractivity contribution in [3.63, 3.8) is 0 Å². The van der Waals surface area contributed by atoms with Gasteiger partial charge in [0.15, 0.2) is 0 Å². The molecule has 0 spiro atoms. The van der Waals surface area contributed by atoms with Gasteiger partial charge in [-0.05, 0) is 24.8 Å². The third-order valence-electron chi connectivity index (χ3n) is 2.20. The van der Waals surface area contributed by atoms with E-state index < -0.39 is 0 Å². The highest BCUT2D eigenvalue weighted by atomic mass is 35.5. The molecule has 1 radical (unpaired) electrons. The van der Waals surface area contributed by atoms with Crippen LogP contribution < -0.4 is 0 Å². The summed E-state index contributed by atoms with van der Waals surface area (Å²) in [5.74, 6) is 0.640. The van der Waals surface area contributed by atoms with E-state index in [1.165, 1.54) is 12.8 Å². The van der Waals surface area contributed by atoms with Crippen molar-refractivity contribution in [2.24, 2.45) is 5.92 Å². The van der Waals surface area contributed by atoms with Gasteiger partial charge in [-0.1, -0.05) is 23.8 Å². The van der Waals surface area contributed by atoms with E-state index in [0.717, 1.165) is 5.03 Å². The molecule has 0 N–H and O–H groups in total. The van der Waals surface area contributed by atoms with E-state index in [1.807, 2.05) is 24.6 Å². The maximum absolute atomic E-state index is 6.29. The Bertz CT molecular complexity index is 226. The van der Waals surface area contributed by atoms with Crippen molar-refractivity contribution in [1.82, 2.24) is 0 Å². The summed E-state index contributed by atoms with van der Waals surface area (Å²) in [5, 5.41) is 0.766. The van der Waals surface area contributed by atoms with Crippen molar-refractivity contribution in [3.8, 4) is 0 Å². The summed E-state index contributed by atoms with van der Waals surface area (Å²) in [5.41, 5.74) is 0. The molecule has 59 valence electrons. The molecule has 1 saturated carbocycles. The smallest absolute Gasteiger partial charge is 0.0727 e. The van der Waals surface area contributed by atoms with Gasteiger partial charge in [0.25, 0.3) is 0 Å². The molecule has 2 rings (SSSR count). The summed E-state index contributed by atoms with van der Waals surface area (Å²) in [4.78, 5) is -0.224. The minimum atomic E-state index is -0.224. The Morgan fingerprint density at radius 3 is 2.64 bits per heavy atom. The van der Waals surface area contributed by atoms with Gasteiger partial charge in [-0.15, -0.1) is 11.6 Å². The lowest BCUT2D eigenvalue weighted by Crippen LogP contribution is -2.22. The topological polar surface area (TPSA) is 0 Å². The lowest BCUT2D eigenvalue weighted by Gasteiger charge is -2.23. The monoisotopic (exact) mass is 187 g/mol. The highest BCUT2D eigenvalue weighted by molar-refractivity contribution is 6.32. The SMILES string of the molecule is ClC1=C[CH]C(Cl)(C2CC2)C=C1. The Kier molecular flexibility index (Phi) is 1.77. The fourth-order valence-corrected chi connectivity index (χ4v) is 1.79. The first kappa shape index (κ1) is 7.70. The molecule has 1 atom stereocenters. The molecule has 0 aromatic heterocycles. The minimum absolute atomic E-state index is 0.224. The molecule has 0 nitrogen and oxygen atoms in total. The zero-order valence-corrected chi connectivity index (χ0v) is 7.57. The molecule has 0 aromatic carbocycles. The van der Waals surface area contributed by atoms with Gasteiger partial charge < -0.3 is 0 Å². The molecule has 1 fully saturated rings. The Hall–Kier alpha value is 0.0600. The average Bonchev–Trinajstić information content (AvgIpc) is 2.77. The van der Waals surface area contributed by atoms with Crippen molar-refractivity contribution in [1.29, 1.82) is 0 Å². The molecule has 0 saturated heterocycles.